The number of pyridine rings is 1. The highest BCUT2D eigenvalue weighted by Gasteiger charge is 2.34. The van der Waals surface area contributed by atoms with Crippen LogP contribution in [0, 0.1) is 0 Å². The molecular formula is C16H19BrN2O2. The number of nitrogens with zero attached hydrogens (tertiary/aromatic N) is 1. The Labute approximate surface area is 133 Å². The SMILES string of the molecule is CCCC(C)(Nc1nccc2c(Br)cccc12)C(=O)OC. The standard InChI is InChI=1S/C16H19BrN2O2/c1-4-9-16(2,15(20)21-3)19-14-12-6-5-7-13(17)11(12)8-10-18-14/h5-8,10H,4,9H2,1-3H3,(H,18,19). The molecule has 1 unspecified atom stereocenters. The average Bonchev–Trinajstić information content (AvgIpc) is 2.47. The van der Waals surface area contributed by atoms with Gasteiger partial charge in [-0.2, -0.15) is 0 Å². The van der Waals surface area contributed by atoms with E-state index in [4.69, 9.17) is 4.74 Å². The number of carbonyl (C=O) groups is 1. The minimum absolute atomic E-state index is 0.279. The van der Waals surface area contributed by atoms with Crippen LogP contribution in [0.1, 0.15) is 26.7 Å². The van der Waals surface area contributed by atoms with Crippen LogP contribution in [0.3, 0.4) is 0 Å². The van der Waals surface area contributed by atoms with Gasteiger partial charge in [0.05, 0.1) is 7.11 Å². The topological polar surface area (TPSA) is 51.2 Å². The number of benzene rings is 1. The predicted octanol–water partition coefficient (Wildman–Crippen LogP) is 4.14. The molecule has 0 aliphatic carbocycles. The van der Waals surface area contributed by atoms with Crippen LogP contribution in [-0.4, -0.2) is 23.6 Å². The molecule has 0 spiro atoms. The number of hydrogen-bond acceptors (Lipinski definition) is 4. The predicted molar refractivity (Wildman–Crippen MR) is 88.4 cm³/mol. The van der Waals surface area contributed by atoms with Crippen LogP contribution >= 0.6 is 15.9 Å². The number of anilines is 1. The minimum atomic E-state index is -0.785. The van der Waals surface area contributed by atoms with Gasteiger partial charge in [0.1, 0.15) is 11.4 Å². The Morgan fingerprint density at radius 3 is 2.81 bits per heavy atom. The highest BCUT2D eigenvalue weighted by molar-refractivity contribution is 9.10. The Kier molecular flexibility index (Phi) is 4.83. The van der Waals surface area contributed by atoms with Gasteiger partial charge in [-0.05, 0) is 25.5 Å². The van der Waals surface area contributed by atoms with Crippen molar-refractivity contribution < 1.29 is 9.53 Å². The van der Waals surface area contributed by atoms with Crippen molar-refractivity contribution in [3.05, 3.63) is 34.9 Å². The molecule has 5 heteroatoms. The Morgan fingerprint density at radius 1 is 1.38 bits per heavy atom. The lowest BCUT2D eigenvalue weighted by Crippen LogP contribution is -2.44. The Bertz CT molecular complexity index is 660. The van der Waals surface area contributed by atoms with Crippen LogP contribution in [0.25, 0.3) is 10.8 Å². The van der Waals surface area contributed by atoms with Gasteiger partial charge in [0.2, 0.25) is 0 Å². The van der Waals surface area contributed by atoms with Gasteiger partial charge in [-0.25, -0.2) is 9.78 Å². The third-order valence-electron chi connectivity index (χ3n) is 3.53. The number of rotatable bonds is 5. The molecule has 2 rings (SSSR count). The first-order valence-corrected chi connectivity index (χ1v) is 7.71. The van der Waals surface area contributed by atoms with Crippen LogP contribution in [-0.2, 0) is 9.53 Å². The maximum atomic E-state index is 12.1. The number of halogens is 1. The van der Waals surface area contributed by atoms with Crippen molar-refractivity contribution in [3.63, 3.8) is 0 Å². The van der Waals surface area contributed by atoms with E-state index in [1.807, 2.05) is 38.1 Å². The Balaban J connectivity index is 2.47. The zero-order valence-electron chi connectivity index (χ0n) is 12.4. The summed E-state index contributed by atoms with van der Waals surface area (Å²) in [5, 5.41) is 5.30. The van der Waals surface area contributed by atoms with Crippen LogP contribution in [0.15, 0.2) is 34.9 Å². The summed E-state index contributed by atoms with van der Waals surface area (Å²) in [6.45, 7) is 3.89. The summed E-state index contributed by atoms with van der Waals surface area (Å²) in [7, 11) is 1.41. The van der Waals surface area contributed by atoms with E-state index in [1.165, 1.54) is 7.11 Å². The fourth-order valence-electron chi connectivity index (χ4n) is 2.47. The van der Waals surface area contributed by atoms with Crippen molar-refractivity contribution in [1.82, 2.24) is 4.98 Å². The summed E-state index contributed by atoms with van der Waals surface area (Å²) in [6.07, 6.45) is 3.28. The van der Waals surface area contributed by atoms with Crippen molar-refractivity contribution >= 4 is 38.5 Å². The molecule has 0 saturated heterocycles. The van der Waals surface area contributed by atoms with Crippen LogP contribution in [0.5, 0.6) is 0 Å². The lowest BCUT2D eigenvalue weighted by atomic mass is 9.96. The van der Waals surface area contributed by atoms with Crippen LogP contribution in [0.4, 0.5) is 5.82 Å². The van der Waals surface area contributed by atoms with Crippen LogP contribution < -0.4 is 5.32 Å². The molecule has 1 aromatic carbocycles. The quantitative estimate of drug-likeness (QED) is 0.823. The molecule has 0 amide bonds. The molecule has 1 aromatic heterocycles. The minimum Gasteiger partial charge on any atom is -0.467 e. The highest BCUT2D eigenvalue weighted by atomic mass is 79.9. The lowest BCUT2D eigenvalue weighted by molar-refractivity contribution is -0.145. The second-order valence-electron chi connectivity index (χ2n) is 5.19. The number of nitrogens with one attached hydrogen (secondary N) is 1. The maximum Gasteiger partial charge on any atom is 0.331 e. The van der Waals surface area contributed by atoms with E-state index in [2.05, 4.69) is 26.2 Å². The molecule has 2 aromatic rings. The van der Waals surface area contributed by atoms with Gasteiger partial charge in [0.15, 0.2) is 0 Å². The fraction of sp³-hybridized carbons (Fsp3) is 0.375. The normalized spacial score (nSPS) is 13.7. The molecule has 1 N–H and O–H groups in total. The first kappa shape index (κ1) is 15.8. The molecule has 0 fully saturated rings. The van der Waals surface area contributed by atoms with Crippen molar-refractivity contribution in [3.8, 4) is 0 Å². The van der Waals surface area contributed by atoms with Gasteiger partial charge < -0.3 is 10.1 Å². The lowest BCUT2D eigenvalue weighted by Gasteiger charge is -2.28. The Morgan fingerprint density at radius 2 is 2.14 bits per heavy atom. The zero-order chi connectivity index (χ0) is 15.5. The number of esters is 1. The summed E-state index contributed by atoms with van der Waals surface area (Å²) in [5.74, 6) is 0.410. The second-order valence-corrected chi connectivity index (χ2v) is 6.05. The monoisotopic (exact) mass is 350 g/mol. The van der Waals surface area contributed by atoms with Crippen LogP contribution in [0.2, 0.25) is 0 Å². The molecular weight excluding hydrogens is 332 g/mol. The zero-order valence-corrected chi connectivity index (χ0v) is 14.0. The summed E-state index contributed by atoms with van der Waals surface area (Å²) in [5.41, 5.74) is -0.785. The largest absolute Gasteiger partial charge is 0.467 e. The number of carbonyl (C=O) groups excluding carboxylic acids is 1. The third kappa shape index (κ3) is 3.18. The summed E-state index contributed by atoms with van der Waals surface area (Å²) >= 11 is 3.54. The van der Waals surface area contributed by atoms with E-state index in [9.17, 15) is 4.79 Å². The number of methoxy groups -OCH3 is 1. The maximum absolute atomic E-state index is 12.1. The molecule has 112 valence electrons. The van der Waals surface area contributed by atoms with Gasteiger partial charge >= 0.3 is 5.97 Å². The van der Waals surface area contributed by atoms with Gasteiger partial charge in [-0.1, -0.05) is 41.4 Å². The van der Waals surface area contributed by atoms with Gasteiger partial charge in [0, 0.05) is 21.4 Å². The number of fused-ring (bicyclic) bond motifs is 1. The summed E-state index contributed by atoms with van der Waals surface area (Å²) in [4.78, 5) is 16.5. The molecule has 0 radical (unpaired) electrons. The van der Waals surface area contributed by atoms with Crippen molar-refractivity contribution in [2.75, 3.05) is 12.4 Å². The van der Waals surface area contributed by atoms with E-state index in [-0.39, 0.29) is 5.97 Å². The molecule has 0 aliphatic rings. The first-order valence-electron chi connectivity index (χ1n) is 6.91. The first-order chi connectivity index (χ1) is 10.0. The molecule has 0 saturated carbocycles. The number of aromatic nitrogens is 1. The van der Waals surface area contributed by atoms with Crippen molar-refractivity contribution in [1.29, 1.82) is 0 Å². The number of ether oxygens (including phenoxy) is 1. The highest BCUT2D eigenvalue weighted by Crippen LogP contribution is 2.30. The molecule has 4 nitrogen and oxygen atoms in total. The van der Waals surface area contributed by atoms with E-state index in [1.54, 1.807) is 6.20 Å². The van der Waals surface area contributed by atoms with E-state index in [0.29, 0.717) is 12.2 Å². The molecule has 1 atom stereocenters. The van der Waals surface area contributed by atoms with E-state index >= 15 is 0 Å². The van der Waals surface area contributed by atoms with Gasteiger partial charge in [-0.3, -0.25) is 0 Å². The third-order valence-corrected chi connectivity index (χ3v) is 4.22. The fourth-order valence-corrected chi connectivity index (χ4v) is 2.97. The van der Waals surface area contributed by atoms with Crippen molar-refractivity contribution in [2.45, 2.75) is 32.2 Å². The van der Waals surface area contributed by atoms with E-state index in [0.717, 1.165) is 21.7 Å². The smallest absolute Gasteiger partial charge is 0.331 e. The Hall–Kier alpha value is -1.62. The van der Waals surface area contributed by atoms with Gasteiger partial charge in [0.25, 0.3) is 0 Å². The second kappa shape index (κ2) is 6.43. The molecule has 0 aliphatic heterocycles. The molecule has 0 bridgehead atoms. The number of hydrogen-bond donors (Lipinski definition) is 1. The van der Waals surface area contributed by atoms with Gasteiger partial charge in [-0.15, -0.1) is 0 Å². The van der Waals surface area contributed by atoms with Crippen molar-refractivity contribution in [2.24, 2.45) is 0 Å². The summed E-state index contributed by atoms with van der Waals surface area (Å²) < 4.78 is 5.94. The summed E-state index contributed by atoms with van der Waals surface area (Å²) in [6, 6.07) is 7.87. The van der Waals surface area contributed by atoms with E-state index < -0.39 is 5.54 Å². The average molecular weight is 351 g/mol. The molecule has 21 heavy (non-hydrogen) atoms. The molecule has 1 heterocycles.